The minimum atomic E-state index is -0.366. The van der Waals surface area contributed by atoms with Gasteiger partial charge in [-0.15, -0.1) is 24.0 Å². The molecule has 3 N–H and O–H groups in total. The van der Waals surface area contributed by atoms with E-state index < -0.39 is 0 Å². The van der Waals surface area contributed by atoms with Gasteiger partial charge in [-0.25, -0.2) is 0 Å². The van der Waals surface area contributed by atoms with E-state index in [1.54, 1.807) is 7.05 Å². The largest absolute Gasteiger partial charge is 0.492 e. The van der Waals surface area contributed by atoms with Crippen LogP contribution in [0.2, 0.25) is 0 Å². The van der Waals surface area contributed by atoms with E-state index in [9.17, 15) is 4.79 Å². The summed E-state index contributed by atoms with van der Waals surface area (Å²) in [6.07, 6.45) is 0. The molecule has 1 amide bonds. The lowest BCUT2D eigenvalue weighted by Gasteiger charge is -2.18. The second-order valence-corrected chi connectivity index (χ2v) is 6.09. The molecule has 0 aliphatic heterocycles. The number of carbonyl (C=O) groups is 1. The zero-order valence-corrected chi connectivity index (χ0v) is 17.2. The molecule has 0 aliphatic carbocycles. The molecule has 0 radical (unpaired) electrons. The summed E-state index contributed by atoms with van der Waals surface area (Å²) in [5.41, 5.74) is -0.366. The molecule has 0 saturated heterocycles. The van der Waals surface area contributed by atoms with E-state index >= 15 is 0 Å². The second kappa shape index (κ2) is 11.9. The number of hydrogen-bond acceptors (Lipinski definition) is 3. The van der Waals surface area contributed by atoms with Crippen molar-refractivity contribution in [3.63, 3.8) is 0 Å². The van der Waals surface area contributed by atoms with Crippen molar-refractivity contribution < 1.29 is 9.53 Å². The first-order chi connectivity index (χ1) is 10.9. The third kappa shape index (κ3) is 9.59. The zero-order chi connectivity index (χ0) is 17.1. The number of ether oxygens (including phenoxy) is 1. The molecular formula is C17H29IN4O2. The lowest BCUT2D eigenvalue weighted by atomic mass is 9.96. The quantitative estimate of drug-likeness (QED) is 0.258. The number of benzene rings is 1. The summed E-state index contributed by atoms with van der Waals surface area (Å²) in [5, 5.41) is 9.18. The molecule has 136 valence electrons. The van der Waals surface area contributed by atoms with Gasteiger partial charge in [0.05, 0.1) is 6.54 Å². The minimum absolute atomic E-state index is 0. The van der Waals surface area contributed by atoms with E-state index in [0.717, 1.165) is 5.75 Å². The summed E-state index contributed by atoms with van der Waals surface area (Å²) < 4.78 is 5.59. The van der Waals surface area contributed by atoms with E-state index in [1.807, 2.05) is 51.1 Å². The Labute approximate surface area is 161 Å². The maximum Gasteiger partial charge on any atom is 0.225 e. The monoisotopic (exact) mass is 448 g/mol. The summed E-state index contributed by atoms with van der Waals surface area (Å²) in [7, 11) is 1.71. The van der Waals surface area contributed by atoms with Gasteiger partial charge in [-0.2, -0.15) is 0 Å². The highest BCUT2D eigenvalue weighted by molar-refractivity contribution is 14.0. The summed E-state index contributed by atoms with van der Waals surface area (Å²) in [5.74, 6) is 1.58. The molecule has 1 aromatic carbocycles. The van der Waals surface area contributed by atoms with Crippen molar-refractivity contribution >= 4 is 35.8 Å². The maximum atomic E-state index is 11.7. The molecule has 0 saturated carbocycles. The van der Waals surface area contributed by atoms with E-state index in [-0.39, 0.29) is 35.3 Å². The van der Waals surface area contributed by atoms with Crippen molar-refractivity contribution in [1.82, 2.24) is 16.0 Å². The number of nitrogens with zero attached hydrogens (tertiary/aromatic N) is 1. The first kappa shape index (κ1) is 22.5. The van der Waals surface area contributed by atoms with Crippen LogP contribution < -0.4 is 20.7 Å². The van der Waals surface area contributed by atoms with Gasteiger partial charge >= 0.3 is 0 Å². The Hall–Kier alpha value is -1.51. The smallest absolute Gasteiger partial charge is 0.225 e. The Morgan fingerprint density at radius 3 is 2.21 bits per heavy atom. The molecule has 6 nitrogen and oxygen atoms in total. The van der Waals surface area contributed by atoms with Crippen molar-refractivity contribution in [3.8, 4) is 5.75 Å². The van der Waals surface area contributed by atoms with Crippen molar-refractivity contribution in [2.75, 3.05) is 33.3 Å². The third-order valence-corrected chi connectivity index (χ3v) is 3.01. The van der Waals surface area contributed by atoms with Crippen LogP contribution in [0.1, 0.15) is 20.8 Å². The topological polar surface area (TPSA) is 74.8 Å². The molecule has 1 rings (SSSR count). The highest BCUT2D eigenvalue weighted by Gasteiger charge is 2.20. The van der Waals surface area contributed by atoms with Gasteiger partial charge in [-0.3, -0.25) is 9.79 Å². The molecule has 0 fully saturated rings. The number of halogens is 1. The molecule has 0 aliphatic rings. The first-order valence-electron chi connectivity index (χ1n) is 7.84. The van der Waals surface area contributed by atoms with Crippen LogP contribution in [-0.2, 0) is 4.79 Å². The van der Waals surface area contributed by atoms with Crippen LogP contribution in [-0.4, -0.2) is 45.2 Å². The highest BCUT2D eigenvalue weighted by Crippen LogP contribution is 2.11. The summed E-state index contributed by atoms with van der Waals surface area (Å²) >= 11 is 0. The fourth-order valence-corrected chi connectivity index (χ4v) is 1.70. The Balaban J connectivity index is 0.00000529. The van der Waals surface area contributed by atoms with E-state index in [1.165, 1.54) is 0 Å². The van der Waals surface area contributed by atoms with Crippen LogP contribution in [0.25, 0.3) is 0 Å². The Kier molecular flexibility index (Phi) is 11.2. The molecule has 0 aromatic heterocycles. The van der Waals surface area contributed by atoms with Gasteiger partial charge in [0.15, 0.2) is 5.96 Å². The van der Waals surface area contributed by atoms with Crippen molar-refractivity contribution in [2.24, 2.45) is 10.4 Å². The molecular weight excluding hydrogens is 419 g/mol. The van der Waals surface area contributed by atoms with Crippen molar-refractivity contribution in [1.29, 1.82) is 0 Å². The SMILES string of the molecule is CN=C(NCCNC(=O)C(C)(C)C)NCCOc1ccccc1.I. The molecule has 0 unspecified atom stereocenters. The van der Waals surface area contributed by atoms with Crippen LogP contribution in [0, 0.1) is 5.41 Å². The lowest BCUT2D eigenvalue weighted by Crippen LogP contribution is -2.44. The average Bonchev–Trinajstić information content (AvgIpc) is 2.53. The molecule has 1 aromatic rings. The predicted molar refractivity (Wildman–Crippen MR) is 109 cm³/mol. The maximum absolute atomic E-state index is 11.7. The van der Waals surface area contributed by atoms with Gasteiger partial charge in [0.2, 0.25) is 5.91 Å². The number of rotatable bonds is 7. The number of nitrogens with one attached hydrogen (secondary N) is 3. The number of para-hydroxylation sites is 1. The van der Waals surface area contributed by atoms with E-state index in [0.29, 0.717) is 32.2 Å². The van der Waals surface area contributed by atoms with E-state index in [4.69, 9.17) is 4.74 Å². The van der Waals surface area contributed by atoms with E-state index in [2.05, 4.69) is 20.9 Å². The summed E-state index contributed by atoms with van der Waals surface area (Å²) in [4.78, 5) is 15.8. The third-order valence-electron chi connectivity index (χ3n) is 3.01. The first-order valence-corrected chi connectivity index (χ1v) is 7.84. The van der Waals surface area contributed by atoms with Crippen LogP contribution >= 0.6 is 24.0 Å². The molecule has 0 atom stereocenters. The summed E-state index contributed by atoms with van der Waals surface area (Å²) in [6, 6.07) is 9.68. The minimum Gasteiger partial charge on any atom is -0.492 e. The predicted octanol–water partition coefficient (Wildman–Crippen LogP) is 2.01. The molecule has 0 spiro atoms. The Morgan fingerprint density at radius 2 is 1.62 bits per heavy atom. The Morgan fingerprint density at radius 1 is 1.04 bits per heavy atom. The number of amides is 1. The summed E-state index contributed by atoms with van der Waals surface area (Å²) in [6.45, 7) is 8.03. The number of guanidine groups is 1. The van der Waals surface area contributed by atoms with Crippen molar-refractivity contribution in [2.45, 2.75) is 20.8 Å². The molecule has 7 heteroatoms. The van der Waals surface area contributed by atoms with Gasteiger partial charge in [0, 0.05) is 25.6 Å². The van der Waals surface area contributed by atoms with Gasteiger partial charge in [0.25, 0.3) is 0 Å². The van der Waals surface area contributed by atoms with Crippen molar-refractivity contribution in [3.05, 3.63) is 30.3 Å². The molecule has 0 bridgehead atoms. The highest BCUT2D eigenvalue weighted by atomic mass is 127. The molecule has 0 heterocycles. The Bertz CT molecular complexity index is 501. The number of aliphatic imine (C=N–C) groups is 1. The van der Waals surface area contributed by atoms with Gasteiger partial charge in [0.1, 0.15) is 12.4 Å². The zero-order valence-electron chi connectivity index (χ0n) is 14.9. The fraction of sp³-hybridized carbons (Fsp3) is 0.529. The average molecular weight is 448 g/mol. The van der Waals surface area contributed by atoms with Crippen LogP contribution in [0.15, 0.2) is 35.3 Å². The number of hydrogen-bond donors (Lipinski definition) is 3. The second-order valence-electron chi connectivity index (χ2n) is 6.09. The molecule has 24 heavy (non-hydrogen) atoms. The van der Waals surface area contributed by atoms with Gasteiger partial charge in [-0.1, -0.05) is 39.0 Å². The lowest BCUT2D eigenvalue weighted by molar-refractivity contribution is -0.128. The van der Waals surface area contributed by atoms with Crippen LogP contribution in [0.5, 0.6) is 5.75 Å². The standard InChI is InChI=1S/C17H28N4O2.HI/c1-17(2,3)15(22)19-10-11-20-16(18-4)21-12-13-23-14-8-6-5-7-9-14;/h5-9H,10-13H2,1-4H3,(H,19,22)(H2,18,20,21);1H. The van der Waals surface area contributed by atoms with Gasteiger partial charge < -0.3 is 20.7 Å². The fourth-order valence-electron chi connectivity index (χ4n) is 1.70. The van der Waals surface area contributed by atoms with Gasteiger partial charge in [-0.05, 0) is 12.1 Å². The van der Waals surface area contributed by atoms with Crippen LogP contribution in [0.3, 0.4) is 0 Å². The number of carbonyl (C=O) groups excluding carboxylic acids is 1. The normalized spacial score (nSPS) is 11.2. The van der Waals surface area contributed by atoms with Crippen LogP contribution in [0.4, 0.5) is 0 Å².